The van der Waals surface area contributed by atoms with Gasteiger partial charge in [0.15, 0.2) is 0 Å². The number of carboxylic acid groups (broad SMARTS) is 1. The quantitative estimate of drug-likeness (QED) is 0.903. The smallest absolute Gasteiger partial charge is 0.335 e. The molecule has 0 fully saturated rings. The molecule has 0 unspecified atom stereocenters. The lowest BCUT2D eigenvalue weighted by atomic mass is 9.94. The lowest BCUT2D eigenvalue weighted by molar-refractivity contribution is 0.0697. The SMILES string of the molecule is Cc1cc(C(=O)O)cc2c3c(n(CCO)c12)CCCC3. The van der Waals surface area contributed by atoms with Crippen LogP contribution >= 0.6 is 0 Å². The van der Waals surface area contributed by atoms with Crippen LogP contribution in [0.25, 0.3) is 10.9 Å². The van der Waals surface area contributed by atoms with E-state index in [-0.39, 0.29) is 6.61 Å². The molecule has 1 aromatic heterocycles. The van der Waals surface area contributed by atoms with Crippen molar-refractivity contribution in [3.05, 3.63) is 34.5 Å². The summed E-state index contributed by atoms with van der Waals surface area (Å²) >= 11 is 0. The minimum Gasteiger partial charge on any atom is -0.478 e. The van der Waals surface area contributed by atoms with Crippen LogP contribution in [0.3, 0.4) is 0 Å². The highest BCUT2D eigenvalue weighted by molar-refractivity contribution is 5.97. The third kappa shape index (κ3) is 1.91. The van der Waals surface area contributed by atoms with Gasteiger partial charge in [-0.3, -0.25) is 0 Å². The number of aryl methyl sites for hydroxylation is 2. The highest BCUT2D eigenvalue weighted by atomic mass is 16.4. The van der Waals surface area contributed by atoms with Crippen LogP contribution in [0, 0.1) is 6.92 Å². The predicted molar refractivity (Wildman–Crippen MR) is 77.4 cm³/mol. The average molecular weight is 273 g/mol. The van der Waals surface area contributed by atoms with Gasteiger partial charge in [0.05, 0.1) is 17.7 Å². The second-order valence-electron chi connectivity index (χ2n) is 5.50. The highest BCUT2D eigenvalue weighted by Gasteiger charge is 2.22. The molecule has 4 nitrogen and oxygen atoms in total. The van der Waals surface area contributed by atoms with Crippen LogP contribution in [0.2, 0.25) is 0 Å². The third-order valence-electron chi connectivity index (χ3n) is 4.23. The van der Waals surface area contributed by atoms with Crippen LogP contribution in [0.15, 0.2) is 12.1 Å². The molecule has 0 saturated carbocycles. The molecule has 2 aromatic rings. The zero-order valence-electron chi connectivity index (χ0n) is 11.6. The number of carbonyl (C=O) groups is 1. The van der Waals surface area contributed by atoms with Gasteiger partial charge in [-0.15, -0.1) is 0 Å². The summed E-state index contributed by atoms with van der Waals surface area (Å²) in [6, 6.07) is 3.52. The average Bonchev–Trinajstić information content (AvgIpc) is 2.75. The number of hydrogen-bond acceptors (Lipinski definition) is 2. The molecule has 0 saturated heterocycles. The molecule has 0 atom stereocenters. The highest BCUT2D eigenvalue weighted by Crippen LogP contribution is 2.34. The van der Waals surface area contributed by atoms with Crippen LogP contribution in [0.1, 0.15) is 40.0 Å². The van der Waals surface area contributed by atoms with Crippen LogP contribution < -0.4 is 0 Å². The number of aliphatic hydroxyl groups excluding tert-OH is 1. The van der Waals surface area contributed by atoms with Crippen molar-refractivity contribution in [1.82, 2.24) is 4.57 Å². The van der Waals surface area contributed by atoms with Crippen molar-refractivity contribution in [2.75, 3.05) is 6.61 Å². The summed E-state index contributed by atoms with van der Waals surface area (Å²) in [4.78, 5) is 11.3. The Labute approximate surface area is 117 Å². The van der Waals surface area contributed by atoms with Crippen molar-refractivity contribution < 1.29 is 15.0 Å². The van der Waals surface area contributed by atoms with Crippen molar-refractivity contribution >= 4 is 16.9 Å². The van der Waals surface area contributed by atoms with Crippen LogP contribution in [-0.4, -0.2) is 27.4 Å². The number of nitrogens with zero attached hydrogens (tertiary/aromatic N) is 1. The molecule has 1 aliphatic carbocycles. The first-order chi connectivity index (χ1) is 9.63. The predicted octanol–water partition coefficient (Wildman–Crippen LogP) is 2.52. The molecule has 0 aliphatic heterocycles. The molecule has 0 radical (unpaired) electrons. The molecular formula is C16H19NO3. The first kappa shape index (κ1) is 13.2. The lowest BCUT2D eigenvalue weighted by Gasteiger charge is -2.15. The molecule has 106 valence electrons. The maximum absolute atomic E-state index is 11.3. The summed E-state index contributed by atoms with van der Waals surface area (Å²) in [5.74, 6) is -0.880. The van der Waals surface area contributed by atoms with Gasteiger partial charge in [0.25, 0.3) is 0 Å². The van der Waals surface area contributed by atoms with Crippen LogP contribution in [0.5, 0.6) is 0 Å². The van der Waals surface area contributed by atoms with Gasteiger partial charge in [0.2, 0.25) is 0 Å². The van der Waals surface area contributed by atoms with E-state index in [2.05, 4.69) is 4.57 Å². The third-order valence-corrected chi connectivity index (χ3v) is 4.23. The molecule has 0 spiro atoms. The van der Waals surface area contributed by atoms with Crippen LogP contribution in [-0.2, 0) is 19.4 Å². The summed E-state index contributed by atoms with van der Waals surface area (Å²) in [6.07, 6.45) is 4.35. The van der Waals surface area contributed by atoms with Gasteiger partial charge in [-0.2, -0.15) is 0 Å². The van der Waals surface area contributed by atoms with Gasteiger partial charge in [-0.25, -0.2) is 4.79 Å². The van der Waals surface area contributed by atoms with Gasteiger partial charge < -0.3 is 14.8 Å². The Kier molecular flexibility index (Phi) is 3.26. The number of rotatable bonds is 3. The summed E-state index contributed by atoms with van der Waals surface area (Å²) in [6.45, 7) is 2.64. The monoisotopic (exact) mass is 273 g/mol. The summed E-state index contributed by atoms with van der Waals surface area (Å²) in [5, 5.41) is 19.6. The first-order valence-corrected chi connectivity index (χ1v) is 7.12. The zero-order valence-corrected chi connectivity index (χ0v) is 11.6. The topological polar surface area (TPSA) is 62.5 Å². The number of hydrogen-bond donors (Lipinski definition) is 2. The maximum atomic E-state index is 11.3. The van der Waals surface area contributed by atoms with Crippen molar-refractivity contribution in [3.8, 4) is 0 Å². The fourth-order valence-electron chi connectivity index (χ4n) is 3.45. The Hall–Kier alpha value is -1.81. The van der Waals surface area contributed by atoms with Gasteiger partial charge in [-0.1, -0.05) is 0 Å². The molecule has 1 aliphatic rings. The van der Waals surface area contributed by atoms with Crippen molar-refractivity contribution in [3.63, 3.8) is 0 Å². The fraction of sp³-hybridized carbons (Fsp3) is 0.438. The van der Waals surface area contributed by atoms with Gasteiger partial charge >= 0.3 is 5.97 Å². The van der Waals surface area contributed by atoms with E-state index in [4.69, 9.17) is 0 Å². The second-order valence-corrected chi connectivity index (χ2v) is 5.50. The Morgan fingerprint density at radius 3 is 2.75 bits per heavy atom. The molecule has 20 heavy (non-hydrogen) atoms. The maximum Gasteiger partial charge on any atom is 0.335 e. The number of fused-ring (bicyclic) bond motifs is 3. The fourth-order valence-corrected chi connectivity index (χ4v) is 3.45. The molecule has 1 heterocycles. The number of carboxylic acids is 1. The Morgan fingerprint density at radius 2 is 2.05 bits per heavy atom. The van der Waals surface area contributed by atoms with E-state index < -0.39 is 5.97 Å². The zero-order chi connectivity index (χ0) is 14.3. The number of aliphatic hydroxyl groups is 1. The molecule has 0 amide bonds. The lowest BCUT2D eigenvalue weighted by Crippen LogP contribution is -2.10. The Morgan fingerprint density at radius 1 is 1.30 bits per heavy atom. The minimum atomic E-state index is -0.880. The molecule has 2 N–H and O–H groups in total. The normalized spacial score (nSPS) is 14.5. The van der Waals surface area contributed by atoms with Crippen molar-refractivity contribution in [2.45, 2.75) is 39.2 Å². The molecule has 3 rings (SSSR count). The van der Waals surface area contributed by atoms with E-state index in [9.17, 15) is 15.0 Å². The van der Waals surface area contributed by atoms with E-state index in [1.54, 1.807) is 12.1 Å². The number of benzene rings is 1. The van der Waals surface area contributed by atoms with E-state index >= 15 is 0 Å². The molecule has 4 heteroatoms. The van der Waals surface area contributed by atoms with E-state index in [1.807, 2.05) is 6.92 Å². The van der Waals surface area contributed by atoms with Crippen LogP contribution in [0.4, 0.5) is 0 Å². The first-order valence-electron chi connectivity index (χ1n) is 7.12. The van der Waals surface area contributed by atoms with Crippen molar-refractivity contribution in [1.29, 1.82) is 0 Å². The number of aromatic carboxylic acids is 1. The Bertz CT molecular complexity index is 685. The molecular weight excluding hydrogens is 254 g/mol. The summed E-state index contributed by atoms with van der Waals surface area (Å²) in [5.41, 5.74) is 4.99. The second kappa shape index (κ2) is 4.94. The molecule has 1 aromatic carbocycles. The van der Waals surface area contributed by atoms with E-state index in [1.165, 1.54) is 17.7 Å². The summed E-state index contributed by atoms with van der Waals surface area (Å²) in [7, 11) is 0. The number of aromatic nitrogens is 1. The standard InChI is InChI=1S/C16H19NO3/c1-10-8-11(16(19)20)9-13-12-4-2-3-5-14(12)17(6-7-18)15(10)13/h8-9,18H,2-7H2,1H3,(H,19,20). The minimum absolute atomic E-state index is 0.107. The van der Waals surface area contributed by atoms with Gasteiger partial charge in [0.1, 0.15) is 0 Å². The molecule has 0 bridgehead atoms. The largest absolute Gasteiger partial charge is 0.478 e. The summed E-state index contributed by atoms with van der Waals surface area (Å²) < 4.78 is 2.19. The van der Waals surface area contributed by atoms with Gasteiger partial charge in [0, 0.05) is 17.6 Å². The van der Waals surface area contributed by atoms with E-state index in [0.29, 0.717) is 12.1 Å². The van der Waals surface area contributed by atoms with Crippen molar-refractivity contribution in [2.24, 2.45) is 0 Å². The Balaban J connectivity index is 2.34. The van der Waals surface area contributed by atoms with Gasteiger partial charge in [-0.05, 0) is 55.9 Å². The van der Waals surface area contributed by atoms with E-state index in [0.717, 1.165) is 35.7 Å².